The summed E-state index contributed by atoms with van der Waals surface area (Å²) in [4.78, 5) is 0. The van der Waals surface area contributed by atoms with Crippen LogP contribution in [0.3, 0.4) is 0 Å². The second-order valence-electron chi connectivity index (χ2n) is 11.6. The number of benzene rings is 7. The Morgan fingerprint density at radius 2 is 0.909 bits per heavy atom. The molecule has 44 heavy (non-hydrogen) atoms. The summed E-state index contributed by atoms with van der Waals surface area (Å²) in [7, 11) is 0. The van der Waals surface area contributed by atoms with E-state index in [9.17, 15) is 0 Å². The van der Waals surface area contributed by atoms with Crippen molar-refractivity contribution in [2.45, 2.75) is 0 Å². The number of nitrogens with zero attached hydrogens (tertiary/aromatic N) is 1. The van der Waals surface area contributed by atoms with Crippen LogP contribution >= 0.6 is 0 Å². The van der Waals surface area contributed by atoms with Gasteiger partial charge in [0.2, 0.25) is 0 Å². The summed E-state index contributed by atoms with van der Waals surface area (Å²) >= 11 is 0. The van der Waals surface area contributed by atoms with Gasteiger partial charge in [-0.15, -0.1) is 0 Å². The molecule has 0 spiro atoms. The van der Waals surface area contributed by atoms with E-state index in [-0.39, 0.29) is 0 Å². The maximum Gasteiger partial charge on any atom is 0.146 e. The average molecular weight is 564 g/mol. The highest BCUT2D eigenvalue weighted by Crippen LogP contribution is 2.49. The fourth-order valence-electron chi connectivity index (χ4n) is 7.66. The van der Waals surface area contributed by atoms with Gasteiger partial charge in [-0.2, -0.15) is 0 Å². The van der Waals surface area contributed by atoms with Crippen molar-refractivity contribution in [3.8, 4) is 5.69 Å². The number of para-hydroxylation sites is 4. The first-order valence-corrected chi connectivity index (χ1v) is 14.9. The summed E-state index contributed by atoms with van der Waals surface area (Å²) in [6.07, 6.45) is 0. The van der Waals surface area contributed by atoms with Gasteiger partial charge in [-0.25, -0.2) is 0 Å². The van der Waals surface area contributed by atoms with Crippen molar-refractivity contribution in [3.05, 3.63) is 127 Å². The summed E-state index contributed by atoms with van der Waals surface area (Å²) in [6.45, 7) is 0. The lowest BCUT2D eigenvalue weighted by atomic mass is 9.95. The van der Waals surface area contributed by atoms with Gasteiger partial charge in [0.25, 0.3) is 0 Å². The maximum absolute atomic E-state index is 6.85. The Bertz CT molecular complexity index is 3000. The maximum atomic E-state index is 6.85. The van der Waals surface area contributed by atoms with Crippen LogP contribution in [0.2, 0.25) is 0 Å². The molecule has 0 aliphatic carbocycles. The molecule has 0 aliphatic rings. The van der Waals surface area contributed by atoms with E-state index in [2.05, 4.69) is 102 Å². The van der Waals surface area contributed by atoms with Crippen molar-refractivity contribution in [1.82, 2.24) is 4.57 Å². The predicted octanol–water partition coefficient (Wildman–Crippen LogP) is 11.6. The van der Waals surface area contributed by atoms with Crippen LogP contribution in [0.15, 0.2) is 141 Å². The molecule has 11 rings (SSSR count). The number of fused-ring (bicyclic) bond motifs is 17. The van der Waals surface area contributed by atoms with Crippen LogP contribution in [-0.2, 0) is 0 Å². The third-order valence-corrected chi connectivity index (χ3v) is 9.37. The molecule has 204 valence electrons. The van der Waals surface area contributed by atoms with E-state index in [0.29, 0.717) is 0 Å². The van der Waals surface area contributed by atoms with E-state index in [1.807, 2.05) is 30.3 Å². The second-order valence-corrected chi connectivity index (χ2v) is 11.6. The minimum atomic E-state index is 0.868. The van der Waals surface area contributed by atoms with Crippen molar-refractivity contribution >= 4 is 98.4 Å². The van der Waals surface area contributed by atoms with Gasteiger partial charge < -0.3 is 17.8 Å². The normalized spacial score (nSPS) is 12.5. The SMILES string of the molecule is c1ccc2c(c1)oc1cccc(-n3c4ccccc4c4c5oc6ccccc6c5c5c(ccc6oc7ccccc7c65)c43)c12. The largest absolute Gasteiger partial charge is 0.456 e. The van der Waals surface area contributed by atoms with Crippen molar-refractivity contribution in [3.63, 3.8) is 0 Å². The number of furan rings is 3. The molecule has 4 heterocycles. The number of rotatable bonds is 1. The number of aromatic nitrogens is 1. The first-order valence-electron chi connectivity index (χ1n) is 14.9. The highest BCUT2D eigenvalue weighted by molar-refractivity contribution is 6.40. The summed E-state index contributed by atoms with van der Waals surface area (Å²) < 4.78 is 22.1. The van der Waals surface area contributed by atoms with Gasteiger partial charge in [0.15, 0.2) is 0 Å². The minimum absolute atomic E-state index is 0.868. The van der Waals surface area contributed by atoms with E-state index < -0.39 is 0 Å². The van der Waals surface area contributed by atoms with E-state index in [4.69, 9.17) is 13.3 Å². The third-order valence-electron chi connectivity index (χ3n) is 9.37. The number of hydrogen-bond acceptors (Lipinski definition) is 3. The molecule has 0 unspecified atom stereocenters. The molecule has 0 fully saturated rings. The Hall–Kier alpha value is -6.00. The van der Waals surface area contributed by atoms with Crippen LogP contribution in [-0.4, -0.2) is 4.57 Å². The Morgan fingerprint density at radius 1 is 0.341 bits per heavy atom. The van der Waals surface area contributed by atoms with Gasteiger partial charge in [-0.3, -0.25) is 0 Å². The molecule has 11 aromatic rings. The highest BCUT2D eigenvalue weighted by Gasteiger charge is 2.26. The summed E-state index contributed by atoms with van der Waals surface area (Å²) in [6, 6.07) is 44.4. The van der Waals surface area contributed by atoms with Gasteiger partial charge in [0.1, 0.15) is 33.5 Å². The lowest BCUT2D eigenvalue weighted by molar-refractivity contribution is 0.668. The zero-order valence-electron chi connectivity index (χ0n) is 23.3. The molecule has 0 bridgehead atoms. The Labute approximate surface area is 248 Å². The molecular weight excluding hydrogens is 542 g/mol. The first-order chi connectivity index (χ1) is 21.8. The molecule has 0 aliphatic heterocycles. The van der Waals surface area contributed by atoms with E-state index in [1.165, 1.54) is 0 Å². The molecule has 7 aromatic carbocycles. The fourth-order valence-corrected chi connectivity index (χ4v) is 7.66. The second kappa shape index (κ2) is 7.88. The molecule has 0 radical (unpaired) electrons. The van der Waals surface area contributed by atoms with Gasteiger partial charge in [0.05, 0.1) is 27.5 Å². The molecule has 0 saturated heterocycles. The van der Waals surface area contributed by atoms with Crippen LogP contribution in [0.25, 0.3) is 104 Å². The van der Waals surface area contributed by atoms with Crippen LogP contribution in [0, 0.1) is 0 Å². The average Bonchev–Trinajstić information content (AvgIpc) is 3.83. The van der Waals surface area contributed by atoms with E-state index >= 15 is 0 Å². The number of hydrogen-bond donors (Lipinski definition) is 0. The summed E-state index contributed by atoms with van der Waals surface area (Å²) in [5.74, 6) is 0. The third kappa shape index (κ3) is 2.65. The molecule has 4 aromatic heterocycles. The predicted molar refractivity (Wildman–Crippen MR) is 180 cm³/mol. The first kappa shape index (κ1) is 22.6. The van der Waals surface area contributed by atoms with Crippen molar-refractivity contribution in [2.75, 3.05) is 0 Å². The summed E-state index contributed by atoms with van der Waals surface area (Å²) in [5.41, 5.74) is 8.57. The van der Waals surface area contributed by atoms with Crippen molar-refractivity contribution in [2.24, 2.45) is 0 Å². The molecule has 0 N–H and O–H groups in total. The van der Waals surface area contributed by atoms with Gasteiger partial charge >= 0.3 is 0 Å². The zero-order chi connectivity index (χ0) is 28.5. The molecule has 4 heteroatoms. The van der Waals surface area contributed by atoms with Gasteiger partial charge in [0, 0.05) is 43.1 Å². The lowest BCUT2D eigenvalue weighted by Gasteiger charge is -2.12. The fraction of sp³-hybridized carbons (Fsp3) is 0. The van der Waals surface area contributed by atoms with Gasteiger partial charge in [-0.05, 0) is 48.5 Å². The van der Waals surface area contributed by atoms with Crippen LogP contribution < -0.4 is 0 Å². The molecule has 0 atom stereocenters. The molecule has 0 amide bonds. The molecule has 0 saturated carbocycles. The lowest BCUT2D eigenvalue weighted by Crippen LogP contribution is -1.95. The zero-order valence-corrected chi connectivity index (χ0v) is 23.3. The van der Waals surface area contributed by atoms with E-state index in [0.717, 1.165) is 104 Å². The van der Waals surface area contributed by atoms with E-state index in [1.54, 1.807) is 0 Å². The topological polar surface area (TPSA) is 44.4 Å². The molecular formula is C40H21NO3. The minimum Gasteiger partial charge on any atom is -0.456 e. The van der Waals surface area contributed by atoms with Gasteiger partial charge in [-0.1, -0.05) is 78.9 Å². The van der Waals surface area contributed by atoms with Crippen LogP contribution in [0.1, 0.15) is 0 Å². The molecule has 4 nitrogen and oxygen atoms in total. The van der Waals surface area contributed by atoms with Crippen molar-refractivity contribution < 1.29 is 13.3 Å². The van der Waals surface area contributed by atoms with Crippen LogP contribution in [0.4, 0.5) is 0 Å². The standard InChI is InChI=1S/C40H21NO3/c1-5-14-27-22(10-1)38-39(41(27)28-15-9-19-32-34(28)23-11-2-6-16-29(23)42-32)26-20-21-33-35(24-12-3-7-17-30(24)43-33)36(26)37-25-13-4-8-18-31(25)44-40(37)38/h1-21H. The smallest absolute Gasteiger partial charge is 0.146 e. The monoisotopic (exact) mass is 563 g/mol. The van der Waals surface area contributed by atoms with Crippen molar-refractivity contribution in [1.29, 1.82) is 0 Å². The highest BCUT2D eigenvalue weighted by atomic mass is 16.3. The Morgan fingerprint density at radius 3 is 1.66 bits per heavy atom. The quantitative estimate of drug-likeness (QED) is 0.200. The van der Waals surface area contributed by atoms with Crippen LogP contribution in [0.5, 0.6) is 0 Å². The Balaban J connectivity index is 1.49. The Kier molecular flexibility index (Phi) is 4.04. The summed E-state index contributed by atoms with van der Waals surface area (Å²) in [5, 5.41) is 11.2.